The summed E-state index contributed by atoms with van der Waals surface area (Å²) in [6.45, 7) is 0.641. The fraction of sp³-hybridized carbons (Fsp3) is 0.286. The minimum atomic E-state index is -0.100. The third-order valence-electron chi connectivity index (χ3n) is 2.71. The molecule has 1 heterocycles. The van der Waals surface area contributed by atoms with Gasteiger partial charge < -0.3 is 5.32 Å². The molecule has 1 amide bonds. The van der Waals surface area contributed by atoms with E-state index in [-0.39, 0.29) is 5.91 Å². The molecular weight excluding hydrogens is 262 g/mol. The second kappa shape index (κ2) is 6.95. The van der Waals surface area contributed by atoms with Gasteiger partial charge in [-0.15, -0.1) is 11.6 Å². The van der Waals surface area contributed by atoms with E-state index in [0.717, 1.165) is 18.5 Å². The van der Waals surface area contributed by atoms with Gasteiger partial charge in [-0.25, -0.2) is 4.68 Å². The molecule has 0 spiro atoms. The third-order valence-corrected chi connectivity index (χ3v) is 2.98. The number of amides is 1. The Morgan fingerprint density at radius 2 is 2.05 bits per heavy atom. The van der Waals surface area contributed by atoms with Gasteiger partial charge >= 0.3 is 0 Å². The van der Waals surface area contributed by atoms with E-state index in [1.54, 1.807) is 17.1 Å². The van der Waals surface area contributed by atoms with Crippen LogP contribution in [0.5, 0.6) is 0 Å². The number of carbonyl (C=O) groups is 1. The zero-order valence-electron chi connectivity index (χ0n) is 10.6. The number of para-hydroxylation sites is 1. The van der Waals surface area contributed by atoms with Crippen LogP contribution in [0.2, 0.25) is 0 Å². The zero-order chi connectivity index (χ0) is 13.5. The highest BCUT2D eigenvalue weighted by Crippen LogP contribution is 2.07. The van der Waals surface area contributed by atoms with Crippen molar-refractivity contribution in [2.45, 2.75) is 12.8 Å². The Morgan fingerprint density at radius 1 is 1.26 bits per heavy atom. The fourth-order valence-corrected chi connectivity index (χ4v) is 1.87. The second-order valence-corrected chi connectivity index (χ2v) is 4.54. The van der Waals surface area contributed by atoms with E-state index in [0.29, 0.717) is 18.0 Å². The highest BCUT2D eigenvalue weighted by Gasteiger charge is 2.08. The molecule has 0 aliphatic carbocycles. The predicted molar refractivity (Wildman–Crippen MR) is 75.9 cm³/mol. The minimum Gasteiger partial charge on any atom is -0.352 e. The first kappa shape index (κ1) is 13.6. The molecule has 0 atom stereocenters. The van der Waals surface area contributed by atoms with Gasteiger partial charge in [-0.3, -0.25) is 4.79 Å². The van der Waals surface area contributed by atoms with Crippen LogP contribution in [-0.4, -0.2) is 28.1 Å². The van der Waals surface area contributed by atoms with E-state index >= 15 is 0 Å². The zero-order valence-corrected chi connectivity index (χ0v) is 11.3. The van der Waals surface area contributed by atoms with Crippen LogP contribution in [0.3, 0.4) is 0 Å². The summed E-state index contributed by atoms with van der Waals surface area (Å²) in [6.07, 6.45) is 5.10. The molecule has 0 saturated heterocycles. The largest absolute Gasteiger partial charge is 0.352 e. The van der Waals surface area contributed by atoms with Crippen molar-refractivity contribution in [3.05, 3.63) is 48.3 Å². The number of hydrogen-bond donors (Lipinski definition) is 1. The van der Waals surface area contributed by atoms with Crippen LogP contribution in [0, 0.1) is 0 Å². The molecule has 1 N–H and O–H groups in total. The molecule has 19 heavy (non-hydrogen) atoms. The maximum atomic E-state index is 11.9. The minimum absolute atomic E-state index is 0.100. The molecule has 0 aliphatic rings. The Hall–Kier alpha value is -1.81. The highest BCUT2D eigenvalue weighted by molar-refractivity contribution is 6.17. The first-order valence-electron chi connectivity index (χ1n) is 6.25. The van der Waals surface area contributed by atoms with E-state index in [4.69, 9.17) is 11.6 Å². The van der Waals surface area contributed by atoms with Crippen molar-refractivity contribution < 1.29 is 4.79 Å². The molecule has 0 fully saturated rings. The number of unbranched alkanes of at least 4 members (excludes halogenated alkanes) is 1. The Morgan fingerprint density at radius 3 is 2.79 bits per heavy atom. The number of benzene rings is 1. The molecule has 2 aromatic rings. The summed E-state index contributed by atoms with van der Waals surface area (Å²) in [7, 11) is 0. The van der Waals surface area contributed by atoms with Gasteiger partial charge in [0.2, 0.25) is 0 Å². The summed E-state index contributed by atoms with van der Waals surface area (Å²) in [5, 5.41) is 7.03. The topological polar surface area (TPSA) is 46.9 Å². The Balaban J connectivity index is 1.95. The first-order chi connectivity index (χ1) is 9.31. The molecular formula is C14H16ClN3O. The van der Waals surface area contributed by atoms with Crippen LogP contribution in [0.15, 0.2) is 42.7 Å². The van der Waals surface area contributed by atoms with Gasteiger partial charge in [0.1, 0.15) is 0 Å². The highest BCUT2D eigenvalue weighted by atomic mass is 35.5. The lowest BCUT2D eigenvalue weighted by Gasteiger charge is -2.02. The summed E-state index contributed by atoms with van der Waals surface area (Å²) in [6, 6.07) is 9.69. The smallest absolute Gasteiger partial charge is 0.254 e. The van der Waals surface area contributed by atoms with Crippen molar-refractivity contribution in [1.82, 2.24) is 15.1 Å². The molecule has 100 valence electrons. The lowest BCUT2D eigenvalue weighted by Crippen LogP contribution is -2.24. The van der Waals surface area contributed by atoms with Crippen molar-refractivity contribution in [3.63, 3.8) is 0 Å². The number of nitrogens with one attached hydrogen (secondary N) is 1. The van der Waals surface area contributed by atoms with Crippen LogP contribution in [-0.2, 0) is 0 Å². The van der Waals surface area contributed by atoms with Crippen molar-refractivity contribution in [3.8, 4) is 5.69 Å². The lowest BCUT2D eigenvalue weighted by atomic mass is 10.3. The first-order valence-corrected chi connectivity index (χ1v) is 6.79. The number of alkyl halides is 1. The van der Waals surface area contributed by atoms with E-state index < -0.39 is 0 Å². The molecule has 5 heteroatoms. The third kappa shape index (κ3) is 3.83. The second-order valence-electron chi connectivity index (χ2n) is 4.16. The molecule has 4 nitrogen and oxygen atoms in total. The summed E-state index contributed by atoms with van der Waals surface area (Å²) in [5.74, 6) is 0.527. The SMILES string of the molecule is O=C(NCCCCCl)c1cnn(-c2ccccc2)c1. The van der Waals surface area contributed by atoms with Gasteiger partial charge in [0.15, 0.2) is 0 Å². The van der Waals surface area contributed by atoms with Crippen LogP contribution >= 0.6 is 11.6 Å². The Kier molecular flexibility index (Phi) is 4.98. The van der Waals surface area contributed by atoms with Crippen LogP contribution in [0.4, 0.5) is 0 Å². The predicted octanol–water partition coefficient (Wildman–Crippen LogP) is 2.62. The van der Waals surface area contributed by atoms with E-state index in [1.807, 2.05) is 30.3 Å². The molecule has 0 aliphatic heterocycles. The molecule has 0 saturated carbocycles. The van der Waals surface area contributed by atoms with Crippen molar-refractivity contribution in [2.75, 3.05) is 12.4 Å². The molecule has 0 unspecified atom stereocenters. The molecule has 0 bridgehead atoms. The van der Waals surface area contributed by atoms with Gasteiger partial charge in [-0.2, -0.15) is 5.10 Å². The van der Waals surface area contributed by atoms with Crippen molar-refractivity contribution in [2.24, 2.45) is 0 Å². The normalized spacial score (nSPS) is 10.4. The average molecular weight is 278 g/mol. The van der Waals surface area contributed by atoms with Gasteiger partial charge in [0.05, 0.1) is 17.4 Å². The standard InChI is InChI=1S/C14H16ClN3O/c15-8-4-5-9-16-14(19)12-10-17-18(11-12)13-6-2-1-3-7-13/h1-3,6-7,10-11H,4-5,8-9H2,(H,16,19). The summed E-state index contributed by atoms with van der Waals surface area (Å²) in [4.78, 5) is 11.9. The monoisotopic (exact) mass is 277 g/mol. The maximum absolute atomic E-state index is 11.9. The van der Waals surface area contributed by atoms with Crippen molar-refractivity contribution >= 4 is 17.5 Å². The van der Waals surface area contributed by atoms with Gasteiger partial charge in [0.25, 0.3) is 5.91 Å². The Bertz CT molecular complexity index is 524. The van der Waals surface area contributed by atoms with Crippen LogP contribution in [0.25, 0.3) is 5.69 Å². The van der Waals surface area contributed by atoms with Gasteiger partial charge in [-0.1, -0.05) is 18.2 Å². The number of hydrogen-bond acceptors (Lipinski definition) is 2. The lowest BCUT2D eigenvalue weighted by molar-refractivity contribution is 0.0953. The molecule has 0 radical (unpaired) electrons. The van der Waals surface area contributed by atoms with Crippen LogP contribution in [0.1, 0.15) is 23.2 Å². The summed E-state index contributed by atoms with van der Waals surface area (Å²) in [5.41, 5.74) is 1.50. The molecule has 1 aromatic carbocycles. The van der Waals surface area contributed by atoms with Crippen LogP contribution < -0.4 is 5.32 Å². The Labute approximate surface area is 117 Å². The number of halogens is 1. The molecule has 1 aromatic heterocycles. The van der Waals surface area contributed by atoms with E-state index in [1.165, 1.54) is 0 Å². The maximum Gasteiger partial charge on any atom is 0.254 e. The summed E-state index contributed by atoms with van der Waals surface area (Å²) >= 11 is 5.58. The van der Waals surface area contributed by atoms with Gasteiger partial charge in [-0.05, 0) is 25.0 Å². The number of rotatable bonds is 6. The van der Waals surface area contributed by atoms with E-state index in [2.05, 4.69) is 10.4 Å². The van der Waals surface area contributed by atoms with E-state index in [9.17, 15) is 4.79 Å². The number of aromatic nitrogens is 2. The van der Waals surface area contributed by atoms with Gasteiger partial charge in [0, 0.05) is 18.6 Å². The fourth-order valence-electron chi connectivity index (χ4n) is 1.69. The molecule has 2 rings (SSSR count). The average Bonchev–Trinajstić information content (AvgIpc) is 2.94. The number of nitrogens with zero attached hydrogens (tertiary/aromatic N) is 2. The number of carbonyl (C=O) groups excluding carboxylic acids is 1. The summed E-state index contributed by atoms with van der Waals surface area (Å²) < 4.78 is 1.69. The van der Waals surface area contributed by atoms with Crippen molar-refractivity contribution in [1.29, 1.82) is 0 Å². The quantitative estimate of drug-likeness (QED) is 0.652.